The maximum Gasteiger partial charge on any atom is 0.319 e. The van der Waals surface area contributed by atoms with E-state index in [9.17, 15) is 14.7 Å². The molecule has 0 saturated carbocycles. The predicted octanol–water partition coefficient (Wildman–Crippen LogP) is 5.51. The van der Waals surface area contributed by atoms with Crippen LogP contribution in [0.3, 0.4) is 0 Å². The van der Waals surface area contributed by atoms with Crippen molar-refractivity contribution in [1.82, 2.24) is 30.8 Å². The Labute approximate surface area is 280 Å². The number of hydrogen-bond donors (Lipinski definition) is 4. The second-order valence-electron chi connectivity index (χ2n) is 10.9. The Bertz CT molecular complexity index is 1810. The maximum absolute atomic E-state index is 13.3. The van der Waals surface area contributed by atoms with E-state index < -0.39 is 38.6 Å². The summed E-state index contributed by atoms with van der Waals surface area (Å²) in [5.74, 6) is -0.320. The van der Waals surface area contributed by atoms with Gasteiger partial charge in [-0.05, 0) is 84.3 Å². The van der Waals surface area contributed by atoms with Gasteiger partial charge in [0.25, 0.3) is 0 Å². The van der Waals surface area contributed by atoms with E-state index in [-0.39, 0.29) is 12.5 Å². The van der Waals surface area contributed by atoms with Crippen LogP contribution in [0.15, 0.2) is 99.6 Å². The minimum atomic E-state index is -0.762. The molecule has 1 unspecified atom stereocenters. The highest BCUT2D eigenvalue weighted by molar-refractivity contribution is 14.2. The third-order valence-electron chi connectivity index (χ3n) is 6.78. The van der Waals surface area contributed by atoms with Crippen LogP contribution in [0.2, 0.25) is 5.02 Å². The second-order valence-corrected chi connectivity index (χ2v) is 13.4. The highest BCUT2D eigenvalue weighted by atomic mass is 127. The van der Waals surface area contributed by atoms with E-state index >= 15 is 0 Å². The summed E-state index contributed by atoms with van der Waals surface area (Å²) in [7, 11) is 0. The van der Waals surface area contributed by atoms with Gasteiger partial charge in [0.05, 0.1) is 50.6 Å². The van der Waals surface area contributed by atoms with Gasteiger partial charge in [-0.3, -0.25) is 4.79 Å². The van der Waals surface area contributed by atoms with Gasteiger partial charge in [-0.2, -0.15) is 4.68 Å². The zero-order valence-electron chi connectivity index (χ0n) is 24.9. The molecule has 3 amide bonds. The summed E-state index contributed by atoms with van der Waals surface area (Å²) in [6.07, 6.45) is 7.07. The molecule has 236 valence electrons. The third kappa shape index (κ3) is 8.99. The smallest absolute Gasteiger partial charge is 0.319 e. The molecule has 0 bridgehead atoms. The molecule has 4 N–H and O–H groups in total. The third-order valence-corrected chi connectivity index (χ3v) is 8.90. The number of aromatic nitrogens is 4. The fourth-order valence-electron chi connectivity index (χ4n) is 4.41. The first-order valence-corrected chi connectivity index (χ1v) is 16.6. The number of amides is 3. The summed E-state index contributed by atoms with van der Waals surface area (Å²) in [5, 5.41) is 34.3. The Balaban J connectivity index is 1.33. The van der Waals surface area contributed by atoms with E-state index in [1.165, 1.54) is 17.1 Å². The number of anilines is 1. The molecule has 0 radical (unpaired) electrons. The molecular formula is C32H31ClIN9O3. The number of tetrazole rings is 1. The number of hydrogen-bond acceptors (Lipinski definition) is 8. The lowest BCUT2D eigenvalue weighted by Gasteiger charge is -2.23. The van der Waals surface area contributed by atoms with Crippen molar-refractivity contribution in [3.8, 4) is 5.69 Å². The molecule has 1 atom stereocenters. The van der Waals surface area contributed by atoms with E-state index in [0.29, 0.717) is 34.1 Å². The van der Waals surface area contributed by atoms with Crippen LogP contribution in [0.25, 0.3) is 15.3 Å². The largest absolute Gasteiger partial charge is 0.394 e. The van der Waals surface area contributed by atoms with Gasteiger partial charge < -0.3 is 21.1 Å². The lowest BCUT2D eigenvalue weighted by molar-refractivity contribution is -0.116. The van der Waals surface area contributed by atoms with Gasteiger partial charge in [-0.25, -0.2) is 4.79 Å². The van der Waals surface area contributed by atoms with Crippen LogP contribution in [-0.4, -0.2) is 61.2 Å². The molecule has 14 heteroatoms. The SMILES string of the molecule is CC(C)(CO)NC(=O)Nc1ccc(C2=CC(C(Cc3ccccc3)NC(=O)/C=C/c3cc(Cl)ccc3-n3cnnn3)=NN=I2)cc1. The van der Waals surface area contributed by atoms with Gasteiger partial charge in [0.15, 0.2) is 0 Å². The average Bonchev–Trinajstić information content (AvgIpc) is 3.59. The van der Waals surface area contributed by atoms with Gasteiger partial charge in [-0.1, -0.05) is 54.1 Å². The maximum atomic E-state index is 13.3. The molecule has 46 heavy (non-hydrogen) atoms. The lowest BCUT2D eigenvalue weighted by Crippen LogP contribution is -2.48. The van der Waals surface area contributed by atoms with E-state index in [2.05, 4.69) is 39.8 Å². The Hall–Kier alpha value is -4.60. The van der Waals surface area contributed by atoms with Crippen molar-refractivity contribution in [2.75, 3.05) is 11.9 Å². The summed E-state index contributed by atoms with van der Waals surface area (Å²) in [4.78, 5) is 25.6. The molecule has 4 aromatic rings. The topological polar surface area (TPSA) is 159 Å². The quantitative estimate of drug-likeness (QED) is 0.117. The van der Waals surface area contributed by atoms with Crippen molar-refractivity contribution < 1.29 is 14.7 Å². The molecule has 0 spiro atoms. The first-order valence-electron chi connectivity index (χ1n) is 14.2. The number of carbonyl (C=O) groups excluding carboxylic acids is 2. The number of rotatable bonds is 11. The fourth-order valence-corrected chi connectivity index (χ4v) is 6.28. The van der Waals surface area contributed by atoms with Crippen molar-refractivity contribution in [3.63, 3.8) is 0 Å². The summed E-state index contributed by atoms with van der Waals surface area (Å²) < 4.78 is 6.99. The number of carbonyl (C=O) groups is 2. The van der Waals surface area contributed by atoms with Gasteiger partial charge in [-0.15, -0.1) is 13.5 Å². The lowest BCUT2D eigenvalue weighted by atomic mass is 10.0. The second kappa shape index (κ2) is 15.1. The Morgan fingerprint density at radius 2 is 1.87 bits per heavy atom. The van der Waals surface area contributed by atoms with Gasteiger partial charge in [0.1, 0.15) is 6.33 Å². The predicted molar refractivity (Wildman–Crippen MR) is 187 cm³/mol. The van der Waals surface area contributed by atoms with Crippen LogP contribution in [0.1, 0.15) is 30.5 Å². The average molecular weight is 752 g/mol. The van der Waals surface area contributed by atoms with Gasteiger partial charge in [0, 0.05) is 25.9 Å². The Kier molecular flexibility index (Phi) is 10.8. The minimum Gasteiger partial charge on any atom is -0.394 e. The summed E-state index contributed by atoms with van der Waals surface area (Å²) >= 11 is 5.48. The molecule has 0 aliphatic carbocycles. The first kappa shape index (κ1) is 32.8. The number of nitrogens with one attached hydrogen (secondary N) is 3. The number of nitrogens with zero attached hydrogens (tertiary/aromatic N) is 6. The molecule has 1 aromatic heterocycles. The number of urea groups is 1. The Morgan fingerprint density at radius 3 is 2.59 bits per heavy atom. The van der Waals surface area contributed by atoms with Crippen molar-refractivity contribution in [2.45, 2.75) is 31.8 Å². The van der Waals surface area contributed by atoms with Gasteiger partial charge >= 0.3 is 6.03 Å². The summed E-state index contributed by atoms with van der Waals surface area (Å²) in [5.41, 5.74) is 3.82. The van der Waals surface area contributed by atoms with Crippen molar-refractivity contribution in [2.24, 2.45) is 8.36 Å². The van der Waals surface area contributed by atoms with Crippen molar-refractivity contribution in [3.05, 3.63) is 113 Å². The van der Waals surface area contributed by atoms with E-state index in [0.717, 1.165) is 14.7 Å². The van der Waals surface area contributed by atoms with Crippen LogP contribution >= 0.6 is 32.6 Å². The van der Waals surface area contributed by atoms with Crippen molar-refractivity contribution >= 4 is 65.6 Å². The Morgan fingerprint density at radius 1 is 1.09 bits per heavy atom. The molecule has 0 fully saturated rings. The first-order chi connectivity index (χ1) is 22.2. The molecular weight excluding hydrogens is 721 g/mol. The molecule has 5 rings (SSSR count). The van der Waals surface area contributed by atoms with E-state index in [1.54, 1.807) is 38.1 Å². The molecule has 12 nitrogen and oxygen atoms in total. The zero-order chi connectivity index (χ0) is 32.5. The summed E-state index contributed by atoms with van der Waals surface area (Å²) in [6.45, 7) is 3.28. The fraction of sp³-hybridized carbons (Fsp3) is 0.188. The number of benzene rings is 3. The number of aliphatic hydroxyl groups excluding tert-OH is 1. The molecule has 2 heterocycles. The number of aliphatic hydroxyl groups is 1. The summed E-state index contributed by atoms with van der Waals surface area (Å²) in [6, 6.07) is 21.7. The van der Waals surface area contributed by atoms with E-state index in [1.807, 2.05) is 60.7 Å². The normalized spacial score (nSPS) is 13.7. The van der Waals surface area contributed by atoms with Crippen LogP contribution in [0, 0.1) is 0 Å². The van der Waals surface area contributed by atoms with Crippen LogP contribution < -0.4 is 16.0 Å². The van der Waals surface area contributed by atoms with E-state index in [4.69, 9.17) is 11.6 Å². The standard InChI is InChI=1S/C32H31ClIN9O3/c1-32(2,19-44)38-31(46)36-25-12-8-22(9-13-25)26-18-28(39-40-34-26)27(16-21-6-4-3-5-7-21)37-30(45)15-10-23-17-24(33)11-14-29(23)43-20-35-41-42-43/h3-15,17-18,20,27,44H,16,19H2,1-2H3,(H,37,45)(H2,36,38,46)/b15-10+. The van der Waals surface area contributed by atoms with Crippen LogP contribution in [0.4, 0.5) is 10.5 Å². The highest BCUT2D eigenvalue weighted by Crippen LogP contribution is 2.32. The zero-order valence-corrected chi connectivity index (χ0v) is 27.8. The number of halogens is 2. The van der Waals surface area contributed by atoms with Crippen LogP contribution in [-0.2, 0) is 11.2 Å². The molecule has 0 saturated heterocycles. The van der Waals surface area contributed by atoms with Crippen molar-refractivity contribution in [1.29, 1.82) is 0 Å². The highest BCUT2D eigenvalue weighted by Gasteiger charge is 2.21. The monoisotopic (exact) mass is 751 g/mol. The molecule has 3 aromatic carbocycles. The van der Waals surface area contributed by atoms with Crippen LogP contribution in [0.5, 0.6) is 0 Å². The van der Waals surface area contributed by atoms with Gasteiger partial charge in [0.2, 0.25) is 5.91 Å². The molecule has 1 aliphatic heterocycles. The molecule has 1 aliphatic rings. The minimum absolute atomic E-state index is 0.183.